The number of carbonyl (C=O) groups is 1. The number of carbonyl (C=O) groups excluding carboxylic acids is 1. The number of nitrogens with zero attached hydrogens (tertiary/aromatic N) is 3. The molecule has 0 aromatic carbocycles. The summed E-state index contributed by atoms with van der Waals surface area (Å²) in [5.74, 6) is 2.30. The molecule has 0 spiro atoms. The molecule has 1 fully saturated rings. The molecule has 1 amide bonds. The van der Waals surface area contributed by atoms with Crippen LogP contribution in [0, 0.1) is 18.3 Å². The van der Waals surface area contributed by atoms with E-state index in [4.69, 9.17) is 0 Å². The lowest BCUT2D eigenvalue weighted by atomic mass is 9.77. The third-order valence-corrected chi connectivity index (χ3v) is 4.18. The van der Waals surface area contributed by atoms with Crippen LogP contribution in [-0.2, 0) is 11.3 Å². The molecule has 1 aliphatic carbocycles. The van der Waals surface area contributed by atoms with Gasteiger partial charge in [-0.3, -0.25) is 9.89 Å². The molecule has 1 N–H and O–H groups in total. The molecule has 20 heavy (non-hydrogen) atoms. The minimum atomic E-state index is -0.145. The van der Waals surface area contributed by atoms with E-state index in [-0.39, 0.29) is 11.3 Å². The van der Waals surface area contributed by atoms with Crippen LogP contribution in [0.4, 0.5) is 0 Å². The van der Waals surface area contributed by atoms with Crippen molar-refractivity contribution >= 4 is 5.91 Å². The lowest BCUT2D eigenvalue weighted by Crippen LogP contribution is -2.41. The number of aromatic nitrogens is 3. The zero-order chi connectivity index (χ0) is 14.8. The minimum absolute atomic E-state index is 0.145. The normalized spacial score (nSPS) is 17.6. The number of hydrogen-bond acceptors (Lipinski definition) is 3. The Kier molecular flexibility index (Phi) is 4.45. The van der Waals surface area contributed by atoms with Gasteiger partial charge in [0.2, 0.25) is 5.91 Å². The molecule has 0 radical (unpaired) electrons. The van der Waals surface area contributed by atoms with Crippen LogP contribution in [0.2, 0.25) is 0 Å². The van der Waals surface area contributed by atoms with E-state index in [2.05, 4.69) is 29.0 Å². The van der Waals surface area contributed by atoms with Crippen molar-refractivity contribution in [1.82, 2.24) is 20.1 Å². The molecule has 5 nitrogen and oxygen atoms in total. The zero-order valence-corrected chi connectivity index (χ0v) is 13.1. The summed E-state index contributed by atoms with van der Waals surface area (Å²) in [5.41, 5.74) is -0.145. The quantitative estimate of drug-likeness (QED) is 0.900. The van der Waals surface area contributed by atoms with Gasteiger partial charge in [0.25, 0.3) is 0 Å². The molecule has 0 atom stereocenters. The summed E-state index contributed by atoms with van der Waals surface area (Å²) in [6.07, 6.45) is 5.39. The monoisotopic (exact) mass is 278 g/mol. The van der Waals surface area contributed by atoms with Gasteiger partial charge in [0.05, 0.1) is 6.54 Å². The number of rotatable bonds is 5. The summed E-state index contributed by atoms with van der Waals surface area (Å²) < 4.78 is 0. The lowest BCUT2D eigenvalue weighted by molar-refractivity contribution is -0.142. The van der Waals surface area contributed by atoms with Gasteiger partial charge in [0.15, 0.2) is 5.82 Å². The minimum Gasteiger partial charge on any atom is -0.338 e. The molecule has 0 saturated heterocycles. The molecule has 1 heterocycles. The highest BCUT2D eigenvalue weighted by Crippen LogP contribution is 2.44. The molecule has 0 aliphatic heterocycles. The molecule has 1 aromatic rings. The van der Waals surface area contributed by atoms with Crippen molar-refractivity contribution < 1.29 is 4.79 Å². The molecule has 1 aliphatic rings. The highest BCUT2D eigenvalue weighted by Gasteiger charge is 2.42. The number of aromatic amines is 1. The largest absolute Gasteiger partial charge is 0.338 e. The Morgan fingerprint density at radius 1 is 1.40 bits per heavy atom. The number of aryl methyl sites for hydroxylation is 1. The van der Waals surface area contributed by atoms with Crippen molar-refractivity contribution in [2.75, 3.05) is 7.05 Å². The van der Waals surface area contributed by atoms with Gasteiger partial charge in [-0.15, -0.1) is 0 Å². The number of nitrogens with one attached hydrogen (secondary N) is 1. The summed E-state index contributed by atoms with van der Waals surface area (Å²) in [5, 5.41) is 6.94. The second-order valence-corrected chi connectivity index (χ2v) is 6.58. The van der Waals surface area contributed by atoms with Crippen LogP contribution in [0.5, 0.6) is 0 Å². The van der Waals surface area contributed by atoms with Crippen LogP contribution in [0.25, 0.3) is 0 Å². The SMILES string of the molecule is Cc1nc(CN(C)C(=O)C2(CC(C)C)CCCC2)n[nH]1. The maximum Gasteiger partial charge on any atom is 0.228 e. The molecule has 1 saturated carbocycles. The van der Waals surface area contributed by atoms with Crippen molar-refractivity contribution in [2.45, 2.75) is 59.4 Å². The second-order valence-electron chi connectivity index (χ2n) is 6.58. The van der Waals surface area contributed by atoms with Gasteiger partial charge in [0, 0.05) is 12.5 Å². The smallest absolute Gasteiger partial charge is 0.228 e. The summed E-state index contributed by atoms with van der Waals surface area (Å²) in [6, 6.07) is 0. The van der Waals surface area contributed by atoms with Gasteiger partial charge in [-0.2, -0.15) is 5.10 Å². The fourth-order valence-corrected chi connectivity index (χ4v) is 3.49. The van der Waals surface area contributed by atoms with E-state index < -0.39 is 0 Å². The van der Waals surface area contributed by atoms with Gasteiger partial charge in [-0.1, -0.05) is 26.7 Å². The van der Waals surface area contributed by atoms with E-state index in [0.717, 1.165) is 25.1 Å². The summed E-state index contributed by atoms with van der Waals surface area (Å²) in [4.78, 5) is 19.0. The van der Waals surface area contributed by atoms with Gasteiger partial charge >= 0.3 is 0 Å². The van der Waals surface area contributed by atoms with Crippen molar-refractivity contribution in [1.29, 1.82) is 0 Å². The first-order valence-electron chi connectivity index (χ1n) is 7.56. The first kappa shape index (κ1) is 15.0. The fraction of sp³-hybridized carbons (Fsp3) is 0.800. The Balaban J connectivity index is 2.07. The molecular weight excluding hydrogens is 252 g/mol. The Morgan fingerprint density at radius 2 is 2.05 bits per heavy atom. The molecule has 1 aromatic heterocycles. The predicted octanol–water partition coefficient (Wildman–Crippen LogP) is 2.68. The average molecular weight is 278 g/mol. The van der Waals surface area contributed by atoms with Crippen LogP contribution in [0.15, 0.2) is 0 Å². The maximum absolute atomic E-state index is 12.9. The molecule has 112 valence electrons. The first-order valence-corrected chi connectivity index (χ1v) is 7.56. The van der Waals surface area contributed by atoms with E-state index in [1.807, 2.05) is 14.0 Å². The number of H-pyrrole nitrogens is 1. The summed E-state index contributed by atoms with van der Waals surface area (Å²) >= 11 is 0. The van der Waals surface area contributed by atoms with Gasteiger partial charge in [-0.25, -0.2) is 4.98 Å². The molecule has 5 heteroatoms. The van der Waals surface area contributed by atoms with Crippen LogP contribution in [-0.4, -0.2) is 33.0 Å². The summed E-state index contributed by atoms with van der Waals surface area (Å²) in [6.45, 7) is 6.76. The number of hydrogen-bond donors (Lipinski definition) is 1. The topological polar surface area (TPSA) is 61.9 Å². The third-order valence-electron chi connectivity index (χ3n) is 4.18. The Labute approximate surface area is 121 Å². The van der Waals surface area contributed by atoms with E-state index in [1.165, 1.54) is 12.8 Å². The Bertz CT molecular complexity index is 460. The fourth-order valence-electron chi connectivity index (χ4n) is 3.49. The van der Waals surface area contributed by atoms with E-state index in [0.29, 0.717) is 18.3 Å². The molecule has 0 unspecified atom stereocenters. The van der Waals surface area contributed by atoms with Gasteiger partial charge in [0.1, 0.15) is 5.82 Å². The lowest BCUT2D eigenvalue weighted by Gasteiger charge is -2.33. The van der Waals surface area contributed by atoms with E-state index in [9.17, 15) is 4.79 Å². The van der Waals surface area contributed by atoms with Crippen molar-refractivity contribution in [2.24, 2.45) is 11.3 Å². The second kappa shape index (κ2) is 5.94. The molecule has 0 bridgehead atoms. The molecule has 2 rings (SSSR count). The average Bonchev–Trinajstić information content (AvgIpc) is 2.98. The van der Waals surface area contributed by atoms with Crippen molar-refractivity contribution in [3.63, 3.8) is 0 Å². The van der Waals surface area contributed by atoms with Gasteiger partial charge in [-0.05, 0) is 32.1 Å². The Morgan fingerprint density at radius 3 is 2.55 bits per heavy atom. The van der Waals surface area contributed by atoms with Crippen LogP contribution in [0.1, 0.15) is 57.6 Å². The Hall–Kier alpha value is -1.39. The highest BCUT2D eigenvalue weighted by atomic mass is 16.2. The molecular formula is C15H26N4O. The van der Waals surface area contributed by atoms with Crippen molar-refractivity contribution in [3.8, 4) is 0 Å². The zero-order valence-electron chi connectivity index (χ0n) is 13.1. The summed E-state index contributed by atoms with van der Waals surface area (Å²) in [7, 11) is 1.87. The van der Waals surface area contributed by atoms with Crippen LogP contribution < -0.4 is 0 Å². The van der Waals surface area contributed by atoms with Crippen molar-refractivity contribution in [3.05, 3.63) is 11.6 Å². The van der Waals surface area contributed by atoms with Gasteiger partial charge < -0.3 is 4.90 Å². The highest BCUT2D eigenvalue weighted by molar-refractivity contribution is 5.82. The van der Waals surface area contributed by atoms with E-state index in [1.54, 1.807) is 4.90 Å². The standard InChI is InChI=1S/C15H26N4O/c1-11(2)9-15(7-5-6-8-15)14(20)19(4)10-13-16-12(3)17-18-13/h11H,5-10H2,1-4H3,(H,16,17,18). The number of amides is 1. The van der Waals surface area contributed by atoms with Crippen LogP contribution in [0.3, 0.4) is 0 Å². The predicted molar refractivity (Wildman–Crippen MR) is 77.9 cm³/mol. The maximum atomic E-state index is 12.9. The third kappa shape index (κ3) is 3.19. The van der Waals surface area contributed by atoms with E-state index >= 15 is 0 Å². The first-order chi connectivity index (χ1) is 9.43. The van der Waals surface area contributed by atoms with Crippen LogP contribution >= 0.6 is 0 Å².